The van der Waals surface area contributed by atoms with Gasteiger partial charge in [0, 0.05) is 5.69 Å². The minimum absolute atomic E-state index is 0.135. The van der Waals surface area contributed by atoms with Crippen molar-refractivity contribution in [3.8, 4) is 11.5 Å². The molecule has 22 heavy (non-hydrogen) atoms. The van der Waals surface area contributed by atoms with Gasteiger partial charge in [-0.15, -0.1) is 0 Å². The minimum Gasteiger partial charge on any atom is -0.493 e. The van der Waals surface area contributed by atoms with Gasteiger partial charge in [-0.2, -0.15) is 0 Å². The average molecular weight is 301 g/mol. The second-order valence-electron chi connectivity index (χ2n) is 4.33. The van der Waals surface area contributed by atoms with E-state index in [1.54, 1.807) is 24.3 Å². The van der Waals surface area contributed by atoms with E-state index in [1.165, 1.54) is 32.4 Å². The average Bonchev–Trinajstić information content (AvgIpc) is 2.54. The third kappa shape index (κ3) is 3.17. The van der Waals surface area contributed by atoms with Gasteiger partial charge in [0.2, 0.25) is 0 Å². The lowest BCUT2D eigenvalue weighted by molar-refractivity contribution is 0.0398. The van der Waals surface area contributed by atoms with Crippen LogP contribution in [0.3, 0.4) is 0 Å². The van der Waals surface area contributed by atoms with E-state index in [4.69, 9.17) is 19.9 Å². The summed E-state index contributed by atoms with van der Waals surface area (Å²) < 4.78 is 15.0. The lowest BCUT2D eigenvalue weighted by Gasteiger charge is -2.09. The van der Waals surface area contributed by atoms with Crippen molar-refractivity contribution in [3.05, 3.63) is 53.6 Å². The van der Waals surface area contributed by atoms with Gasteiger partial charge in [0.15, 0.2) is 11.5 Å². The van der Waals surface area contributed by atoms with Gasteiger partial charge in [-0.25, -0.2) is 9.59 Å². The fourth-order valence-electron chi connectivity index (χ4n) is 1.84. The highest BCUT2D eigenvalue weighted by Gasteiger charge is 2.18. The highest BCUT2D eigenvalue weighted by atomic mass is 16.6. The van der Waals surface area contributed by atoms with E-state index in [0.29, 0.717) is 11.5 Å². The largest absolute Gasteiger partial charge is 0.493 e. The topological polar surface area (TPSA) is 87.9 Å². The number of benzene rings is 2. The molecule has 114 valence electrons. The standard InChI is InChI=1S/C16H15NO5/c1-20-13-8-7-10(9-14(13)21-2)15(18)22-16(19)11-5-3-4-6-12(11)17/h3-9H,17H2,1-2H3. The zero-order chi connectivity index (χ0) is 16.1. The molecule has 0 unspecified atom stereocenters. The molecule has 2 aromatic carbocycles. The van der Waals surface area contributed by atoms with Crippen LogP contribution < -0.4 is 15.2 Å². The number of methoxy groups -OCH3 is 2. The molecular formula is C16H15NO5. The summed E-state index contributed by atoms with van der Waals surface area (Å²) in [6.45, 7) is 0. The van der Waals surface area contributed by atoms with Gasteiger partial charge in [0.05, 0.1) is 25.3 Å². The van der Waals surface area contributed by atoms with Gasteiger partial charge in [-0.3, -0.25) is 0 Å². The summed E-state index contributed by atoms with van der Waals surface area (Å²) in [6.07, 6.45) is 0. The highest BCUT2D eigenvalue weighted by molar-refractivity contribution is 6.05. The Kier molecular flexibility index (Phi) is 4.63. The fraction of sp³-hybridized carbons (Fsp3) is 0.125. The Balaban J connectivity index is 2.19. The van der Waals surface area contributed by atoms with Gasteiger partial charge in [-0.05, 0) is 30.3 Å². The molecule has 0 radical (unpaired) electrons. The maximum Gasteiger partial charge on any atom is 0.348 e. The van der Waals surface area contributed by atoms with Crippen molar-refractivity contribution in [1.82, 2.24) is 0 Å². The number of nitrogen functional groups attached to an aromatic ring is 1. The summed E-state index contributed by atoms with van der Waals surface area (Å²) in [5, 5.41) is 0. The quantitative estimate of drug-likeness (QED) is 0.529. The summed E-state index contributed by atoms with van der Waals surface area (Å²) in [6, 6.07) is 10.8. The summed E-state index contributed by atoms with van der Waals surface area (Å²) >= 11 is 0. The molecule has 0 fully saturated rings. The number of rotatable bonds is 4. The van der Waals surface area contributed by atoms with E-state index in [2.05, 4.69) is 0 Å². The van der Waals surface area contributed by atoms with Crippen molar-refractivity contribution in [2.75, 3.05) is 20.0 Å². The van der Waals surface area contributed by atoms with Gasteiger partial charge in [0.1, 0.15) is 0 Å². The molecule has 0 saturated carbocycles. The number of ether oxygens (including phenoxy) is 3. The lowest BCUT2D eigenvalue weighted by atomic mass is 10.2. The number of hydrogen-bond acceptors (Lipinski definition) is 6. The molecule has 0 saturated heterocycles. The van der Waals surface area contributed by atoms with Crippen LogP contribution >= 0.6 is 0 Å². The van der Waals surface area contributed by atoms with Crippen molar-refractivity contribution in [2.24, 2.45) is 0 Å². The molecule has 2 N–H and O–H groups in total. The Morgan fingerprint density at radius 1 is 0.909 bits per heavy atom. The van der Waals surface area contributed by atoms with Crippen LogP contribution in [-0.4, -0.2) is 26.2 Å². The van der Waals surface area contributed by atoms with Crippen molar-refractivity contribution < 1.29 is 23.8 Å². The van der Waals surface area contributed by atoms with Gasteiger partial charge in [0.25, 0.3) is 0 Å². The Bertz CT molecular complexity index is 711. The molecule has 2 aromatic rings. The first-order valence-electron chi connectivity index (χ1n) is 6.40. The molecule has 0 amide bonds. The Hall–Kier alpha value is -3.02. The van der Waals surface area contributed by atoms with Crippen LogP contribution in [0.25, 0.3) is 0 Å². The molecule has 0 heterocycles. The number of nitrogens with two attached hydrogens (primary N) is 1. The van der Waals surface area contributed by atoms with Gasteiger partial charge in [-0.1, -0.05) is 12.1 Å². The number of hydrogen-bond donors (Lipinski definition) is 1. The zero-order valence-electron chi connectivity index (χ0n) is 12.2. The van der Waals surface area contributed by atoms with Crippen LogP contribution in [0.2, 0.25) is 0 Å². The molecule has 0 spiro atoms. The predicted molar refractivity (Wildman–Crippen MR) is 80.1 cm³/mol. The molecule has 0 aromatic heterocycles. The summed E-state index contributed by atoms with van der Waals surface area (Å²) in [7, 11) is 2.93. The number of esters is 2. The van der Waals surface area contributed by atoms with Crippen molar-refractivity contribution >= 4 is 17.6 Å². The Morgan fingerprint density at radius 2 is 1.59 bits per heavy atom. The van der Waals surface area contributed by atoms with E-state index in [9.17, 15) is 9.59 Å². The molecule has 0 aliphatic carbocycles. The van der Waals surface area contributed by atoms with Crippen LogP contribution in [0.1, 0.15) is 20.7 Å². The van der Waals surface area contributed by atoms with Crippen molar-refractivity contribution in [2.45, 2.75) is 0 Å². The van der Waals surface area contributed by atoms with E-state index in [0.717, 1.165) is 0 Å². The highest BCUT2D eigenvalue weighted by Crippen LogP contribution is 2.28. The maximum atomic E-state index is 12.0. The SMILES string of the molecule is COc1ccc(C(=O)OC(=O)c2ccccc2N)cc1OC. The Labute approximate surface area is 127 Å². The van der Waals surface area contributed by atoms with Crippen LogP contribution in [0.4, 0.5) is 5.69 Å². The molecule has 0 atom stereocenters. The number of anilines is 1. The van der Waals surface area contributed by atoms with Crippen LogP contribution in [0.5, 0.6) is 11.5 Å². The second kappa shape index (κ2) is 6.62. The summed E-state index contributed by atoms with van der Waals surface area (Å²) in [5.74, 6) is -0.770. The Morgan fingerprint density at radius 3 is 2.23 bits per heavy atom. The van der Waals surface area contributed by atoms with Crippen molar-refractivity contribution in [3.63, 3.8) is 0 Å². The molecule has 6 heteroatoms. The first kappa shape index (κ1) is 15.4. The molecule has 0 aliphatic rings. The maximum absolute atomic E-state index is 12.0. The molecule has 6 nitrogen and oxygen atoms in total. The number of para-hydroxylation sites is 1. The number of carbonyl (C=O) groups is 2. The molecular weight excluding hydrogens is 286 g/mol. The predicted octanol–water partition coefficient (Wildman–Crippen LogP) is 2.28. The second-order valence-corrected chi connectivity index (χ2v) is 4.33. The summed E-state index contributed by atoms with van der Waals surface area (Å²) in [5.41, 5.74) is 6.22. The van der Waals surface area contributed by atoms with E-state index in [-0.39, 0.29) is 16.8 Å². The first-order chi connectivity index (χ1) is 10.6. The monoisotopic (exact) mass is 301 g/mol. The third-order valence-corrected chi connectivity index (χ3v) is 2.99. The smallest absolute Gasteiger partial charge is 0.348 e. The van der Waals surface area contributed by atoms with Gasteiger partial charge < -0.3 is 19.9 Å². The van der Waals surface area contributed by atoms with Crippen LogP contribution in [-0.2, 0) is 4.74 Å². The van der Waals surface area contributed by atoms with Gasteiger partial charge >= 0.3 is 11.9 Å². The first-order valence-corrected chi connectivity index (χ1v) is 6.40. The van der Waals surface area contributed by atoms with E-state index in [1.807, 2.05) is 0 Å². The summed E-state index contributed by atoms with van der Waals surface area (Å²) in [4.78, 5) is 24.0. The zero-order valence-corrected chi connectivity index (χ0v) is 12.2. The third-order valence-electron chi connectivity index (χ3n) is 2.99. The van der Waals surface area contributed by atoms with Crippen LogP contribution in [0, 0.1) is 0 Å². The molecule has 0 bridgehead atoms. The van der Waals surface area contributed by atoms with E-state index >= 15 is 0 Å². The fourth-order valence-corrected chi connectivity index (χ4v) is 1.84. The van der Waals surface area contributed by atoms with Crippen molar-refractivity contribution in [1.29, 1.82) is 0 Å². The van der Waals surface area contributed by atoms with Crippen LogP contribution in [0.15, 0.2) is 42.5 Å². The normalized spacial score (nSPS) is 9.91. The molecule has 2 rings (SSSR count). The molecule has 0 aliphatic heterocycles. The minimum atomic E-state index is -0.808. The lowest BCUT2D eigenvalue weighted by Crippen LogP contribution is -2.14. The van der Waals surface area contributed by atoms with E-state index < -0.39 is 11.9 Å². The number of carbonyl (C=O) groups excluding carboxylic acids is 2.